The van der Waals surface area contributed by atoms with Crippen molar-refractivity contribution in [3.63, 3.8) is 0 Å². The van der Waals surface area contributed by atoms with Crippen LogP contribution >= 0.6 is 0 Å². The first-order valence-corrected chi connectivity index (χ1v) is 9.71. The molecule has 2 aromatic heterocycles. The van der Waals surface area contributed by atoms with Crippen LogP contribution in [-0.2, 0) is 16.6 Å². The average molecular weight is 375 g/mol. The highest BCUT2D eigenvalue weighted by Gasteiger charge is 2.20. The van der Waals surface area contributed by atoms with Crippen LogP contribution in [0, 0.1) is 6.92 Å². The highest BCUT2D eigenvalue weighted by molar-refractivity contribution is 7.89. The van der Waals surface area contributed by atoms with Crippen LogP contribution in [0.1, 0.15) is 5.69 Å². The van der Waals surface area contributed by atoms with Gasteiger partial charge >= 0.3 is 0 Å². The maximum Gasteiger partial charge on any atom is 0.213 e. The Morgan fingerprint density at radius 2 is 1.92 bits per heavy atom. The lowest BCUT2D eigenvalue weighted by atomic mass is 10.1. The fourth-order valence-corrected chi connectivity index (χ4v) is 3.32. The molecule has 0 saturated heterocycles. The number of aryl methyl sites for hydroxylation is 2. The highest BCUT2D eigenvalue weighted by atomic mass is 32.2. The molecule has 0 bridgehead atoms. The largest absolute Gasteiger partial charge is 0.497 e. The molecule has 3 rings (SSSR count). The summed E-state index contributed by atoms with van der Waals surface area (Å²) in [7, 11) is -0.298. The summed E-state index contributed by atoms with van der Waals surface area (Å²) in [5.41, 5.74) is 4.05. The van der Waals surface area contributed by atoms with E-state index in [-0.39, 0.29) is 12.3 Å². The molecule has 138 valence electrons. The van der Waals surface area contributed by atoms with Crippen LogP contribution < -0.4 is 9.46 Å². The second-order valence-corrected chi connectivity index (χ2v) is 7.81. The number of nitrogens with zero attached hydrogens (tertiary/aromatic N) is 3. The fraction of sp³-hybridized carbons (Fsp3) is 0.294. The van der Waals surface area contributed by atoms with Gasteiger partial charge in [-0.25, -0.2) is 23.1 Å². The van der Waals surface area contributed by atoms with Crippen molar-refractivity contribution in [1.29, 1.82) is 0 Å². The fourth-order valence-electron chi connectivity index (χ4n) is 2.68. The summed E-state index contributed by atoms with van der Waals surface area (Å²) in [4.78, 5) is 12.0. The molecule has 0 aliphatic carbocycles. The van der Waals surface area contributed by atoms with E-state index < -0.39 is 10.0 Å². The van der Waals surface area contributed by atoms with Crippen LogP contribution in [0.5, 0.6) is 5.75 Å². The number of hydrogen-bond acceptors (Lipinski definition) is 5. The van der Waals surface area contributed by atoms with E-state index in [1.807, 2.05) is 35.8 Å². The molecule has 0 fully saturated rings. The molecule has 0 radical (unpaired) electrons. The molecule has 0 aliphatic rings. The van der Waals surface area contributed by atoms with Gasteiger partial charge in [0.15, 0.2) is 0 Å². The van der Waals surface area contributed by atoms with E-state index >= 15 is 0 Å². The van der Waals surface area contributed by atoms with E-state index in [9.17, 15) is 8.42 Å². The number of aromatic nitrogens is 4. The molecule has 8 nitrogen and oxygen atoms in total. The Labute approximate surface area is 152 Å². The monoisotopic (exact) mass is 375 g/mol. The zero-order chi connectivity index (χ0) is 18.7. The van der Waals surface area contributed by atoms with E-state index in [1.165, 1.54) is 7.05 Å². The normalized spacial score (nSPS) is 11.7. The summed E-state index contributed by atoms with van der Waals surface area (Å²) in [5, 5.41) is 0. The Morgan fingerprint density at radius 3 is 2.50 bits per heavy atom. The number of ether oxygens (including phenoxy) is 1. The lowest BCUT2D eigenvalue weighted by molar-refractivity contribution is 0.415. The molecule has 2 heterocycles. The minimum atomic E-state index is -3.32. The molecule has 2 N–H and O–H groups in total. The molecule has 3 aromatic rings. The van der Waals surface area contributed by atoms with Crippen LogP contribution in [0.2, 0.25) is 0 Å². The average Bonchev–Trinajstić information content (AvgIpc) is 3.25. The Morgan fingerprint density at radius 1 is 1.19 bits per heavy atom. The maximum atomic E-state index is 11.8. The first kappa shape index (κ1) is 18.2. The van der Waals surface area contributed by atoms with Gasteiger partial charge in [0.2, 0.25) is 10.0 Å². The van der Waals surface area contributed by atoms with E-state index in [2.05, 4.69) is 19.7 Å². The van der Waals surface area contributed by atoms with Gasteiger partial charge in [-0.05, 0) is 38.2 Å². The predicted octanol–water partition coefficient (Wildman–Crippen LogP) is 1.81. The second kappa shape index (κ2) is 7.30. The van der Waals surface area contributed by atoms with Crippen LogP contribution in [0.25, 0.3) is 22.6 Å². The smallest absolute Gasteiger partial charge is 0.213 e. The number of H-pyrrole nitrogens is 1. The van der Waals surface area contributed by atoms with Crippen molar-refractivity contribution in [2.24, 2.45) is 0 Å². The van der Waals surface area contributed by atoms with Crippen LogP contribution in [0.4, 0.5) is 0 Å². The summed E-state index contributed by atoms with van der Waals surface area (Å²) >= 11 is 0. The third kappa shape index (κ3) is 3.63. The van der Waals surface area contributed by atoms with E-state index in [0.717, 1.165) is 34.1 Å². The lowest BCUT2D eigenvalue weighted by Gasteiger charge is -2.10. The number of hydrogen-bond donors (Lipinski definition) is 2. The zero-order valence-corrected chi connectivity index (χ0v) is 15.7. The van der Waals surface area contributed by atoms with E-state index in [0.29, 0.717) is 0 Å². The molecular formula is C17H21N5O3S. The highest BCUT2D eigenvalue weighted by Crippen LogP contribution is 2.32. The summed E-state index contributed by atoms with van der Waals surface area (Å²) in [6.07, 6.45) is 3.26. The van der Waals surface area contributed by atoms with Crippen molar-refractivity contribution in [3.05, 3.63) is 42.6 Å². The zero-order valence-electron chi connectivity index (χ0n) is 14.9. The van der Waals surface area contributed by atoms with Crippen molar-refractivity contribution in [1.82, 2.24) is 24.2 Å². The topological polar surface area (TPSA) is 102 Å². The minimum Gasteiger partial charge on any atom is -0.497 e. The molecule has 0 amide bonds. The van der Waals surface area contributed by atoms with Gasteiger partial charge in [-0.15, -0.1) is 0 Å². The maximum absolute atomic E-state index is 11.8. The van der Waals surface area contributed by atoms with E-state index in [1.54, 1.807) is 19.8 Å². The third-order valence-corrected chi connectivity index (χ3v) is 5.51. The number of aromatic amines is 1. The van der Waals surface area contributed by atoms with Gasteiger partial charge in [-0.1, -0.05) is 0 Å². The molecule has 9 heteroatoms. The SMILES string of the molecule is CNS(=O)(=O)CCn1cnc(-c2ccc(OC)cc2)c1-c1nc[nH]c1C. The van der Waals surface area contributed by atoms with Gasteiger partial charge < -0.3 is 14.3 Å². The van der Waals surface area contributed by atoms with E-state index in [4.69, 9.17) is 4.74 Å². The number of benzene rings is 1. The van der Waals surface area contributed by atoms with Crippen molar-refractivity contribution in [2.75, 3.05) is 19.9 Å². The van der Waals surface area contributed by atoms with Crippen molar-refractivity contribution in [3.8, 4) is 28.4 Å². The molecule has 0 atom stereocenters. The summed E-state index contributed by atoms with van der Waals surface area (Å²) in [6.45, 7) is 2.19. The Balaban J connectivity index is 2.06. The number of nitrogens with one attached hydrogen (secondary N) is 2. The summed E-state index contributed by atoms with van der Waals surface area (Å²) in [6, 6.07) is 7.56. The second-order valence-electron chi connectivity index (χ2n) is 5.76. The molecule has 26 heavy (non-hydrogen) atoms. The standard InChI is InChI=1S/C17H21N5O3S/c1-12-15(20-10-19-12)17-16(13-4-6-14(25-3)7-5-13)21-11-22(17)8-9-26(23,24)18-2/h4-7,10-11,18H,8-9H2,1-3H3,(H,19,20). The summed E-state index contributed by atoms with van der Waals surface area (Å²) in [5.74, 6) is 0.712. The number of rotatable bonds is 7. The molecule has 0 spiro atoms. The van der Waals surface area contributed by atoms with Crippen molar-refractivity contribution in [2.45, 2.75) is 13.5 Å². The first-order chi connectivity index (χ1) is 12.4. The molecule has 1 aromatic carbocycles. The molecule has 0 saturated carbocycles. The van der Waals surface area contributed by atoms with Gasteiger partial charge in [-0.2, -0.15) is 0 Å². The number of imidazole rings is 2. The lowest BCUT2D eigenvalue weighted by Crippen LogP contribution is -2.24. The van der Waals surface area contributed by atoms with Crippen LogP contribution in [0.15, 0.2) is 36.9 Å². The summed E-state index contributed by atoms with van der Waals surface area (Å²) < 4.78 is 33.0. The van der Waals surface area contributed by atoms with Gasteiger partial charge in [0, 0.05) is 17.8 Å². The van der Waals surface area contributed by atoms with Crippen molar-refractivity contribution >= 4 is 10.0 Å². The molecule has 0 unspecified atom stereocenters. The number of sulfonamides is 1. The predicted molar refractivity (Wildman–Crippen MR) is 99.4 cm³/mol. The Bertz CT molecular complexity index is 990. The third-order valence-electron chi connectivity index (χ3n) is 4.17. The van der Waals surface area contributed by atoms with Crippen LogP contribution in [-0.4, -0.2) is 47.8 Å². The van der Waals surface area contributed by atoms with Crippen molar-refractivity contribution < 1.29 is 13.2 Å². The van der Waals surface area contributed by atoms with Gasteiger partial charge in [0.25, 0.3) is 0 Å². The number of methoxy groups -OCH3 is 1. The van der Waals surface area contributed by atoms with Gasteiger partial charge in [0.05, 0.1) is 36.9 Å². The minimum absolute atomic E-state index is 0.0433. The van der Waals surface area contributed by atoms with Crippen LogP contribution in [0.3, 0.4) is 0 Å². The molecule has 0 aliphatic heterocycles. The molecular weight excluding hydrogens is 354 g/mol. The van der Waals surface area contributed by atoms with Gasteiger partial charge in [-0.3, -0.25) is 0 Å². The van der Waals surface area contributed by atoms with Gasteiger partial charge in [0.1, 0.15) is 11.4 Å². The quantitative estimate of drug-likeness (QED) is 0.656. The first-order valence-electron chi connectivity index (χ1n) is 8.06. The Kier molecular flexibility index (Phi) is 5.10. The Hall–Kier alpha value is -2.65.